The van der Waals surface area contributed by atoms with Crippen molar-refractivity contribution in [2.24, 2.45) is 0 Å². The second-order valence-electron chi connectivity index (χ2n) is 4.50. The van der Waals surface area contributed by atoms with E-state index < -0.39 is 11.8 Å². The molecule has 0 N–H and O–H groups in total. The average molecular weight is 314 g/mol. The van der Waals surface area contributed by atoms with Gasteiger partial charge in [0.25, 0.3) is 0 Å². The van der Waals surface area contributed by atoms with Gasteiger partial charge >= 0.3 is 0 Å². The number of hydrogen-bond donors (Lipinski definition) is 0. The number of nitriles is 1. The van der Waals surface area contributed by atoms with Crippen molar-refractivity contribution in [2.45, 2.75) is 6.92 Å². The molecule has 0 saturated carbocycles. The number of halogens is 2. The van der Waals surface area contributed by atoms with Gasteiger partial charge < -0.3 is 0 Å². The van der Waals surface area contributed by atoms with Crippen LogP contribution < -0.4 is 0 Å². The first-order chi connectivity index (χ1) is 10.6. The molecule has 0 spiro atoms. The van der Waals surface area contributed by atoms with Crippen LogP contribution >= 0.6 is 11.3 Å². The van der Waals surface area contributed by atoms with Gasteiger partial charge in [0.2, 0.25) is 5.95 Å². The fourth-order valence-corrected chi connectivity index (χ4v) is 2.90. The minimum atomic E-state index is -0.699. The Morgan fingerprint density at radius 3 is 2.73 bits per heavy atom. The first-order valence-electron chi connectivity index (χ1n) is 6.24. The summed E-state index contributed by atoms with van der Waals surface area (Å²) in [6.45, 7) is 1.77. The number of pyridine rings is 2. The molecule has 22 heavy (non-hydrogen) atoms. The molecule has 7 heteroatoms. The second-order valence-corrected chi connectivity index (χ2v) is 5.50. The first-order valence-corrected chi connectivity index (χ1v) is 7.05. The highest BCUT2D eigenvalue weighted by molar-refractivity contribution is 7.18. The minimum absolute atomic E-state index is 0.197. The number of nitrogens with zero attached hydrogens (tertiary/aromatic N) is 4. The molecule has 0 aliphatic rings. The van der Waals surface area contributed by atoms with E-state index in [9.17, 15) is 8.78 Å². The van der Waals surface area contributed by atoms with Crippen LogP contribution in [0.15, 0.2) is 30.6 Å². The average Bonchev–Trinajstić information content (AvgIpc) is 2.90. The molecule has 3 aromatic rings. The lowest BCUT2D eigenvalue weighted by atomic mass is 10.2. The number of aryl methyl sites for hydroxylation is 1. The Bertz CT molecular complexity index is 899. The van der Waals surface area contributed by atoms with Crippen LogP contribution in [0, 0.1) is 30.0 Å². The van der Waals surface area contributed by atoms with Crippen molar-refractivity contribution >= 4 is 11.3 Å². The van der Waals surface area contributed by atoms with Crippen LogP contribution in [0.2, 0.25) is 0 Å². The van der Waals surface area contributed by atoms with E-state index in [1.54, 1.807) is 19.1 Å². The van der Waals surface area contributed by atoms with Gasteiger partial charge in [-0.05, 0) is 24.6 Å². The maximum absolute atomic E-state index is 14.2. The molecule has 0 fully saturated rings. The van der Waals surface area contributed by atoms with Crippen LogP contribution in [0.25, 0.3) is 21.1 Å². The van der Waals surface area contributed by atoms with E-state index in [-0.39, 0.29) is 10.6 Å². The third-order valence-electron chi connectivity index (χ3n) is 2.96. The van der Waals surface area contributed by atoms with Gasteiger partial charge in [0.15, 0.2) is 0 Å². The van der Waals surface area contributed by atoms with Crippen molar-refractivity contribution in [3.8, 4) is 27.2 Å². The molecule has 0 aliphatic heterocycles. The Hall–Kier alpha value is -2.72. The summed E-state index contributed by atoms with van der Waals surface area (Å²) < 4.78 is 27.4. The van der Waals surface area contributed by atoms with E-state index in [0.717, 1.165) is 23.1 Å². The summed E-state index contributed by atoms with van der Waals surface area (Å²) in [6, 6.07) is 6.42. The van der Waals surface area contributed by atoms with Gasteiger partial charge in [-0.3, -0.25) is 4.98 Å². The number of rotatable bonds is 2. The molecular formula is C15H8F2N4S. The SMILES string of the molecule is Cc1ccc(C#N)nc1-c1sc(-c2cncc(F)c2)nc1F. The van der Waals surface area contributed by atoms with Crippen LogP contribution in [-0.4, -0.2) is 15.0 Å². The highest BCUT2D eigenvalue weighted by Crippen LogP contribution is 2.35. The fourth-order valence-electron chi connectivity index (χ4n) is 1.92. The quantitative estimate of drug-likeness (QED) is 0.723. The Morgan fingerprint density at radius 2 is 2.00 bits per heavy atom. The molecule has 0 aromatic carbocycles. The van der Waals surface area contributed by atoms with Crippen LogP contribution in [0.5, 0.6) is 0 Å². The normalized spacial score (nSPS) is 10.5. The Morgan fingerprint density at radius 1 is 1.18 bits per heavy atom. The van der Waals surface area contributed by atoms with Gasteiger partial charge in [0, 0.05) is 11.8 Å². The van der Waals surface area contributed by atoms with Crippen molar-refractivity contribution in [1.29, 1.82) is 5.26 Å². The molecular weight excluding hydrogens is 306 g/mol. The Labute approximate surface area is 128 Å². The maximum atomic E-state index is 14.2. The molecule has 0 atom stereocenters. The molecule has 108 valence electrons. The lowest BCUT2D eigenvalue weighted by molar-refractivity contribution is 0.595. The van der Waals surface area contributed by atoms with Crippen molar-refractivity contribution in [1.82, 2.24) is 15.0 Å². The molecule has 0 unspecified atom stereocenters. The summed E-state index contributed by atoms with van der Waals surface area (Å²) in [6.07, 6.45) is 2.48. The molecule has 4 nitrogen and oxygen atoms in total. The number of hydrogen-bond acceptors (Lipinski definition) is 5. The molecule has 0 bridgehead atoms. The van der Waals surface area contributed by atoms with Crippen LogP contribution in [0.4, 0.5) is 8.78 Å². The summed E-state index contributed by atoms with van der Waals surface area (Å²) in [5, 5.41) is 9.22. The molecule has 0 aliphatic carbocycles. The van der Waals surface area contributed by atoms with Gasteiger partial charge in [0.1, 0.15) is 27.5 Å². The molecule has 0 saturated heterocycles. The van der Waals surface area contributed by atoms with Crippen LogP contribution in [0.3, 0.4) is 0 Å². The molecule has 3 aromatic heterocycles. The summed E-state index contributed by atoms with van der Waals surface area (Å²) in [5.41, 5.74) is 1.68. The molecule has 0 amide bonds. The van der Waals surface area contributed by atoms with Gasteiger partial charge in [-0.1, -0.05) is 6.07 Å². The highest BCUT2D eigenvalue weighted by Gasteiger charge is 2.18. The lowest BCUT2D eigenvalue weighted by Crippen LogP contribution is -1.91. The predicted octanol–water partition coefficient (Wildman–Crippen LogP) is 3.73. The van der Waals surface area contributed by atoms with Crippen molar-refractivity contribution in [3.63, 3.8) is 0 Å². The first kappa shape index (κ1) is 14.2. The van der Waals surface area contributed by atoms with Crippen molar-refractivity contribution < 1.29 is 8.78 Å². The third kappa shape index (κ3) is 2.56. The maximum Gasteiger partial charge on any atom is 0.233 e. The van der Waals surface area contributed by atoms with E-state index >= 15 is 0 Å². The third-order valence-corrected chi connectivity index (χ3v) is 4.05. The topological polar surface area (TPSA) is 62.5 Å². The van der Waals surface area contributed by atoms with Crippen molar-refractivity contribution in [3.05, 3.63) is 53.6 Å². The van der Waals surface area contributed by atoms with Crippen molar-refractivity contribution in [2.75, 3.05) is 0 Å². The zero-order valence-corrected chi connectivity index (χ0v) is 12.2. The van der Waals surface area contributed by atoms with Gasteiger partial charge in [0.05, 0.1) is 11.9 Å². The van der Waals surface area contributed by atoms with E-state index in [4.69, 9.17) is 5.26 Å². The zero-order chi connectivity index (χ0) is 15.7. The summed E-state index contributed by atoms with van der Waals surface area (Å²) in [5.74, 6) is -1.22. The zero-order valence-electron chi connectivity index (χ0n) is 11.3. The highest BCUT2D eigenvalue weighted by atomic mass is 32.1. The standard InChI is InChI=1S/C15H8F2N4S/c1-8-2-3-11(5-18)20-12(8)13-14(17)21-15(22-13)9-4-10(16)7-19-6-9/h2-4,6-7H,1H3. The summed E-state index contributed by atoms with van der Waals surface area (Å²) in [7, 11) is 0. The summed E-state index contributed by atoms with van der Waals surface area (Å²) in [4.78, 5) is 11.9. The molecule has 3 rings (SSSR count). The molecule has 0 radical (unpaired) electrons. The van der Waals surface area contributed by atoms with E-state index in [2.05, 4.69) is 15.0 Å². The predicted molar refractivity (Wildman–Crippen MR) is 77.9 cm³/mol. The van der Waals surface area contributed by atoms with E-state index in [1.807, 2.05) is 6.07 Å². The molecule has 3 heterocycles. The van der Waals surface area contributed by atoms with Gasteiger partial charge in [-0.15, -0.1) is 11.3 Å². The number of thiazole rings is 1. The largest absolute Gasteiger partial charge is 0.261 e. The summed E-state index contributed by atoms with van der Waals surface area (Å²) >= 11 is 1.04. The van der Waals surface area contributed by atoms with Crippen LogP contribution in [0.1, 0.15) is 11.3 Å². The monoisotopic (exact) mass is 314 g/mol. The van der Waals surface area contributed by atoms with E-state index in [0.29, 0.717) is 16.3 Å². The smallest absolute Gasteiger partial charge is 0.233 e. The number of aromatic nitrogens is 3. The van der Waals surface area contributed by atoms with Gasteiger partial charge in [-0.2, -0.15) is 9.65 Å². The minimum Gasteiger partial charge on any atom is -0.261 e. The Kier molecular flexibility index (Phi) is 3.61. The second kappa shape index (κ2) is 5.58. The van der Waals surface area contributed by atoms with E-state index in [1.165, 1.54) is 12.3 Å². The lowest BCUT2D eigenvalue weighted by Gasteiger charge is -2.01. The Balaban J connectivity index is 2.13. The van der Waals surface area contributed by atoms with Gasteiger partial charge in [-0.25, -0.2) is 14.4 Å². The van der Waals surface area contributed by atoms with Crippen LogP contribution in [-0.2, 0) is 0 Å². The fraction of sp³-hybridized carbons (Fsp3) is 0.0667.